The lowest BCUT2D eigenvalue weighted by atomic mass is 10.3. The molecular weight excluding hydrogens is 334 g/mol. The van der Waals surface area contributed by atoms with Crippen LogP contribution in [-0.4, -0.2) is 37.4 Å². The second-order valence-electron chi connectivity index (χ2n) is 4.73. The maximum atomic E-state index is 12.1. The Morgan fingerprint density at radius 1 is 1.43 bits per heavy atom. The Bertz CT molecular complexity index is 658. The summed E-state index contributed by atoms with van der Waals surface area (Å²) in [4.78, 5) is 13.8. The van der Waals surface area contributed by atoms with Crippen LogP contribution in [0.1, 0.15) is 18.2 Å². The third-order valence-corrected chi connectivity index (χ3v) is 3.77. The molecule has 0 aliphatic carbocycles. The van der Waals surface area contributed by atoms with Crippen molar-refractivity contribution in [2.45, 2.75) is 20.0 Å². The smallest absolute Gasteiger partial charge is 0.246 e. The molecule has 0 aliphatic heterocycles. The van der Waals surface area contributed by atoms with Gasteiger partial charge in [-0.2, -0.15) is 10.2 Å². The first-order valence-corrected chi connectivity index (χ1v) is 7.42. The van der Waals surface area contributed by atoms with Crippen molar-refractivity contribution in [2.24, 2.45) is 7.05 Å². The molecule has 0 saturated heterocycles. The molecule has 0 bridgehead atoms. The molecule has 0 fully saturated rings. The van der Waals surface area contributed by atoms with Gasteiger partial charge in [-0.3, -0.25) is 14.2 Å². The number of likely N-dealkylation sites (N-methyl/N-ethyl adjacent to an activating group) is 1. The molecule has 7 heteroatoms. The third kappa shape index (κ3) is 3.81. The molecule has 112 valence electrons. The Morgan fingerprint density at radius 2 is 2.19 bits per heavy atom. The number of carbonyl (C=O) groups excluding carboxylic acids is 1. The minimum absolute atomic E-state index is 0.0605. The van der Waals surface area contributed by atoms with E-state index < -0.39 is 0 Å². The molecule has 2 heterocycles. The number of rotatable bonds is 5. The minimum Gasteiger partial charge on any atom is -0.336 e. The molecule has 21 heavy (non-hydrogen) atoms. The van der Waals surface area contributed by atoms with Gasteiger partial charge in [0.05, 0.1) is 29.1 Å². The molecule has 2 rings (SSSR count). The summed E-state index contributed by atoms with van der Waals surface area (Å²) in [7, 11) is 3.62. The van der Waals surface area contributed by atoms with E-state index in [1.807, 2.05) is 24.9 Å². The zero-order valence-electron chi connectivity index (χ0n) is 12.3. The van der Waals surface area contributed by atoms with E-state index in [1.165, 1.54) is 0 Å². The largest absolute Gasteiger partial charge is 0.336 e. The Kier molecular flexibility index (Phi) is 4.95. The van der Waals surface area contributed by atoms with Crippen molar-refractivity contribution in [1.29, 1.82) is 0 Å². The Labute approximate surface area is 132 Å². The van der Waals surface area contributed by atoms with E-state index in [2.05, 4.69) is 26.1 Å². The maximum Gasteiger partial charge on any atom is 0.246 e. The van der Waals surface area contributed by atoms with Crippen LogP contribution in [0.3, 0.4) is 0 Å². The van der Waals surface area contributed by atoms with Gasteiger partial charge in [0, 0.05) is 38.5 Å². The molecule has 0 spiro atoms. The highest BCUT2D eigenvalue weighted by molar-refractivity contribution is 9.10. The van der Waals surface area contributed by atoms with Gasteiger partial charge in [0.15, 0.2) is 0 Å². The molecule has 6 nitrogen and oxygen atoms in total. The zero-order chi connectivity index (χ0) is 15.4. The van der Waals surface area contributed by atoms with Gasteiger partial charge in [-0.25, -0.2) is 0 Å². The van der Waals surface area contributed by atoms with Gasteiger partial charge < -0.3 is 4.90 Å². The fourth-order valence-electron chi connectivity index (χ4n) is 1.94. The molecule has 0 aromatic carbocycles. The van der Waals surface area contributed by atoms with Gasteiger partial charge in [-0.15, -0.1) is 0 Å². The normalized spacial score (nSPS) is 11.2. The van der Waals surface area contributed by atoms with Crippen LogP contribution in [0.15, 0.2) is 29.1 Å². The molecule has 2 aromatic rings. The number of amides is 1. The summed E-state index contributed by atoms with van der Waals surface area (Å²) >= 11 is 3.46. The van der Waals surface area contributed by atoms with E-state index in [0.717, 1.165) is 22.3 Å². The van der Waals surface area contributed by atoms with Gasteiger partial charge in [-0.05, 0) is 28.9 Å². The van der Waals surface area contributed by atoms with Crippen LogP contribution in [0.2, 0.25) is 0 Å². The highest BCUT2D eigenvalue weighted by atomic mass is 79.9. The molecule has 1 amide bonds. The third-order valence-electron chi connectivity index (χ3n) is 3.10. The van der Waals surface area contributed by atoms with Crippen LogP contribution in [0, 0.1) is 0 Å². The number of halogens is 1. The summed E-state index contributed by atoms with van der Waals surface area (Å²) in [5, 5.41) is 8.30. The summed E-state index contributed by atoms with van der Waals surface area (Å²) in [6.45, 7) is 3.30. The van der Waals surface area contributed by atoms with Crippen molar-refractivity contribution in [3.8, 4) is 0 Å². The monoisotopic (exact) mass is 351 g/mol. The molecular formula is C14H18BrN5O. The Morgan fingerprint density at radius 3 is 2.81 bits per heavy atom. The van der Waals surface area contributed by atoms with Crippen molar-refractivity contribution < 1.29 is 4.79 Å². The van der Waals surface area contributed by atoms with Crippen LogP contribution >= 0.6 is 15.9 Å². The Hall–Kier alpha value is -1.89. The average molecular weight is 352 g/mol. The van der Waals surface area contributed by atoms with Crippen molar-refractivity contribution in [3.05, 3.63) is 40.4 Å². The molecule has 0 atom stereocenters. The van der Waals surface area contributed by atoms with Crippen LogP contribution in [0.25, 0.3) is 6.08 Å². The van der Waals surface area contributed by atoms with Crippen LogP contribution in [-0.2, 0) is 24.9 Å². The van der Waals surface area contributed by atoms with E-state index >= 15 is 0 Å². The first kappa shape index (κ1) is 15.5. The average Bonchev–Trinajstić information content (AvgIpc) is 3.03. The van der Waals surface area contributed by atoms with E-state index in [1.54, 1.807) is 41.2 Å². The number of aryl methyl sites for hydroxylation is 2. The van der Waals surface area contributed by atoms with Gasteiger partial charge >= 0.3 is 0 Å². The predicted molar refractivity (Wildman–Crippen MR) is 84.3 cm³/mol. The summed E-state index contributed by atoms with van der Waals surface area (Å²) in [5.41, 5.74) is 1.89. The molecule has 0 N–H and O–H groups in total. The fraction of sp³-hybridized carbons (Fsp3) is 0.357. The van der Waals surface area contributed by atoms with E-state index in [0.29, 0.717) is 6.54 Å². The van der Waals surface area contributed by atoms with Gasteiger partial charge in [0.2, 0.25) is 5.91 Å². The minimum atomic E-state index is -0.0605. The summed E-state index contributed by atoms with van der Waals surface area (Å²) in [6, 6.07) is 0. The molecule has 0 aliphatic rings. The highest BCUT2D eigenvalue weighted by Crippen LogP contribution is 2.17. The summed E-state index contributed by atoms with van der Waals surface area (Å²) in [6.07, 6.45) is 8.64. The first-order chi connectivity index (χ1) is 10.0. The number of aromatic nitrogens is 4. The Balaban J connectivity index is 2.02. The maximum absolute atomic E-state index is 12.1. The number of nitrogens with zero attached hydrogens (tertiary/aromatic N) is 5. The lowest BCUT2D eigenvalue weighted by Crippen LogP contribution is -2.25. The topological polar surface area (TPSA) is 56.0 Å². The van der Waals surface area contributed by atoms with Gasteiger partial charge in [-0.1, -0.05) is 0 Å². The first-order valence-electron chi connectivity index (χ1n) is 6.63. The van der Waals surface area contributed by atoms with E-state index in [9.17, 15) is 4.79 Å². The second-order valence-corrected chi connectivity index (χ2v) is 5.58. The molecule has 0 unspecified atom stereocenters. The lowest BCUT2D eigenvalue weighted by Gasteiger charge is -2.16. The van der Waals surface area contributed by atoms with Gasteiger partial charge in [0.1, 0.15) is 0 Å². The van der Waals surface area contributed by atoms with Crippen molar-refractivity contribution in [1.82, 2.24) is 24.5 Å². The summed E-state index contributed by atoms with van der Waals surface area (Å²) in [5.74, 6) is -0.0605. The van der Waals surface area contributed by atoms with Crippen molar-refractivity contribution >= 4 is 27.9 Å². The van der Waals surface area contributed by atoms with Crippen LogP contribution in [0.4, 0.5) is 0 Å². The van der Waals surface area contributed by atoms with E-state index in [-0.39, 0.29) is 5.91 Å². The van der Waals surface area contributed by atoms with E-state index in [4.69, 9.17) is 0 Å². The standard InChI is InChI=1S/C14H18BrN5O/c1-4-20-13(12(15)8-17-20)10-18(2)14(21)6-5-11-7-16-19(3)9-11/h5-9H,4,10H2,1-3H3/b6-5+. The van der Waals surface area contributed by atoms with Crippen molar-refractivity contribution in [2.75, 3.05) is 7.05 Å². The highest BCUT2D eigenvalue weighted by Gasteiger charge is 2.13. The molecule has 2 aromatic heterocycles. The number of carbonyl (C=O) groups is 1. The van der Waals surface area contributed by atoms with Gasteiger partial charge in [0.25, 0.3) is 0 Å². The lowest BCUT2D eigenvalue weighted by molar-refractivity contribution is -0.125. The zero-order valence-corrected chi connectivity index (χ0v) is 13.9. The quantitative estimate of drug-likeness (QED) is 0.774. The second kappa shape index (κ2) is 6.71. The predicted octanol–water partition coefficient (Wildman–Crippen LogP) is 2.07. The van der Waals surface area contributed by atoms with Crippen LogP contribution < -0.4 is 0 Å². The SMILES string of the molecule is CCn1ncc(Br)c1CN(C)C(=O)/C=C/c1cnn(C)c1. The summed E-state index contributed by atoms with van der Waals surface area (Å²) < 4.78 is 4.49. The fourth-order valence-corrected chi connectivity index (χ4v) is 2.36. The number of hydrogen-bond donors (Lipinski definition) is 0. The van der Waals surface area contributed by atoms with Crippen molar-refractivity contribution in [3.63, 3.8) is 0 Å². The molecule has 0 saturated carbocycles. The van der Waals surface area contributed by atoms with Crippen LogP contribution in [0.5, 0.6) is 0 Å². The molecule has 0 radical (unpaired) electrons. The number of hydrogen-bond acceptors (Lipinski definition) is 3.